The number of hydrogen-bond acceptors (Lipinski definition) is 2. The number of hydrogen-bond donors (Lipinski definition) is 2. The molecule has 1 atom stereocenters. The maximum absolute atomic E-state index is 11.4. The normalized spacial score (nSPS) is 45.2. The summed E-state index contributed by atoms with van der Waals surface area (Å²) < 4.78 is 0. The van der Waals surface area contributed by atoms with Crippen LogP contribution < -0.4 is 10.6 Å². The molecule has 3 heteroatoms. The Kier molecular flexibility index (Phi) is 2.06. The molecule has 0 aromatic rings. The predicted octanol–water partition coefficient (Wildman–Crippen LogP) is 1.00. The van der Waals surface area contributed by atoms with Gasteiger partial charge in [0.25, 0.3) is 0 Å². The second-order valence-electron chi connectivity index (χ2n) is 4.62. The van der Waals surface area contributed by atoms with E-state index in [9.17, 15) is 4.79 Å². The highest BCUT2D eigenvalue weighted by Gasteiger charge is 2.42. The third-order valence-electron chi connectivity index (χ3n) is 3.38. The van der Waals surface area contributed by atoms with Crippen molar-refractivity contribution in [3.8, 4) is 0 Å². The van der Waals surface area contributed by atoms with E-state index in [0.29, 0.717) is 0 Å². The Balaban J connectivity index is 2.03. The fourth-order valence-corrected chi connectivity index (χ4v) is 2.38. The molecule has 0 bridgehead atoms. The standard InChI is InChI=1S/C10H18N2O/c1-7-3-5-10(6-4-7)11-8(2)9(13)12-10/h7-8,11H,3-6H2,1-2H3,(H,12,13). The van der Waals surface area contributed by atoms with Crippen LogP contribution in [0.2, 0.25) is 0 Å². The van der Waals surface area contributed by atoms with Gasteiger partial charge in [0, 0.05) is 0 Å². The third kappa shape index (κ3) is 1.57. The lowest BCUT2D eigenvalue weighted by Crippen LogP contribution is -2.52. The summed E-state index contributed by atoms with van der Waals surface area (Å²) in [6.45, 7) is 4.22. The van der Waals surface area contributed by atoms with Crippen LogP contribution >= 0.6 is 0 Å². The van der Waals surface area contributed by atoms with Crippen molar-refractivity contribution in [3.05, 3.63) is 0 Å². The van der Waals surface area contributed by atoms with Crippen LogP contribution in [-0.2, 0) is 4.79 Å². The van der Waals surface area contributed by atoms with E-state index in [4.69, 9.17) is 0 Å². The minimum Gasteiger partial charge on any atom is -0.337 e. The Morgan fingerprint density at radius 2 is 1.92 bits per heavy atom. The first-order valence-corrected chi connectivity index (χ1v) is 5.21. The molecule has 0 radical (unpaired) electrons. The maximum Gasteiger partial charge on any atom is 0.238 e. The summed E-state index contributed by atoms with van der Waals surface area (Å²) >= 11 is 0. The van der Waals surface area contributed by atoms with E-state index in [0.717, 1.165) is 18.8 Å². The smallest absolute Gasteiger partial charge is 0.238 e. The van der Waals surface area contributed by atoms with Gasteiger partial charge in [-0.25, -0.2) is 0 Å². The molecule has 1 amide bonds. The average molecular weight is 182 g/mol. The first-order valence-electron chi connectivity index (χ1n) is 5.21. The Morgan fingerprint density at radius 1 is 1.31 bits per heavy atom. The van der Waals surface area contributed by atoms with Gasteiger partial charge in [0.2, 0.25) is 5.91 Å². The van der Waals surface area contributed by atoms with Gasteiger partial charge in [-0.3, -0.25) is 10.1 Å². The SMILES string of the molecule is CC1CCC2(CC1)NC(=O)C(C)N2. The lowest BCUT2D eigenvalue weighted by atomic mass is 9.83. The van der Waals surface area contributed by atoms with E-state index in [1.165, 1.54) is 12.8 Å². The van der Waals surface area contributed by atoms with Crippen molar-refractivity contribution < 1.29 is 4.79 Å². The number of nitrogens with one attached hydrogen (secondary N) is 2. The second-order valence-corrected chi connectivity index (χ2v) is 4.62. The molecule has 1 saturated carbocycles. The fourth-order valence-electron chi connectivity index (χ4n) is 2.38. The summed E-state index contributed by atoms with van der Waals surface area (Å²) in [5.41, 5.74) is -0.0526. The van der Waals surface area contributed by atoms with Gasteiger partial charge in [0.1, 0.15) is 0 Å². The second kappa shape index (κ2) is 2.98. The third-order valence-corrected chi connectivity index (χ3v) is 3.38. The molecular weight excluding hydrogens is 164 g/mol. The number of rotatable bonds is 0. The monoisotopic (exact) mass is 182 g/mol. The summed E-state index contributed by atoms with van der Waals surface area (Å²) in [5.74, 6) is 0.981. The van der Waals surface area contributed by atoms with Crippen molar-refractivity contribution in [2.75, 3.05) is 0 Å². The molecule has 2 aliphatic rings. The molecule has 1 spiro atoms. The Labute approximate surface area is 79.3 Å². The summed E-state index contributed by atoms with van der Waals surface area (Å²) in [4.78, 5) is 11.4. The Morgan fingerprint density at radius 3 is 2.38 bits per heavy atom. The molecule has 3 nitrogen and oxygen atoms in total. The van der Waals surface area contributed by atoms with E-state index >= 15 is 0 Å². The largest absolute Gasteiger partial charge is 0.337 e. The highest BCUT2D eigenvalue weighted by atomic mass is 16.2. The van der Waals surface area contributed by atoms with Crippen LogP contribution in [0.5, 0.6) is 0 Å². The van der Waals surface area contributed by atoms with Gasteiger partial charge < -0.3 is 5.32 Å². The molecule has 74 valence electrons. The summed E-state index contributed by atoms with van der Waals surface area (Å²) in [6, 6.07) is -0.00611. The van der Waals surface area contributed by atoms with E-state index in [1.54, 1.807) is 0 Å². The van der Waals surface area contributed by atoms with Crippen molar-refractivity contribution in [1.82, 2.24) is 10.6 Å². The number of amides is 1. The molecule has 1 saturated heterocycles. The summed E-state index contributed by atoms with van der Waals surface area (Å²) in [5, 5.41) is 6.47. The van der Waals surface area contributed by atoms with Gasteiger partial charge in [-0.2, -0.15) is 0 Å². The summed E-state index contributed by atoms with van der Waals surface area (Å²) in [7, 11) is 0. The minimum absolute atomic E-state index is 0.00611. The molecular formula is C10H18N2O. The molecule has 0 aromatic carbocycles. The average Bonchev–Trinajstić information content (AvgIpc) is 2.36. The number of carbonyl (C=O) groups is 1. The predicted molar refractivity (Wildman–Crippen MR) is 51.1 cm³/mol. The topological polar surface area (TPSA) is 41.1 Å². The minimum atomic E-state index is -0.0526. The fraction of sp³-hybridized carbons (Fsp3) is 0.900. The van der Waals surface area contributed by atoms with Crippen molar-refractivity contribution in [1.29, 1.82) is 0 Å². The maximum atomic E-state index is 11.4. The van der Waals surface area contributed by atoms with Crippen molar-refractivity contribution >= 4 is 5.91 Å². The van der Waals surface area contributed by atoms with Gasteiger partial charge >= 0.3 is 0 Å². The van der Waals surface area contributed by atoms with Crippen molar-refractivity contribution in [2.45, 2.75) is 51.2 Å². The van der Waals surface area contributed by atoms with Gasteiger partial charge in [0.15, 0.2) is 0 Å². The highest BCUT2D eigenvalue weighted by Crippen LogP contribution is 2.32. The van der Waals surface area contributed by atoms with Crippen LogP contribution in [0.15, 0.2) is 0 Å². The van der Waals surface area contributed by atoms with Crippen molar-refractivity contribution in [3.63, 3.8) is 0 Å². The summed E-state index contributed by atoms with van der Waals surface area (Å²) in [6.07, 6.45) is 4.62. The van der Waals surface area contributed by atoms with E-state index in [2.05, 4.69) is 17.6 Å². The van der Waals surface area contributed by atoms with E-state index in [1.807, 2.05) is 6.92 Å². The first kappa shape index (κ1) is 9.00. The molecule has 1 aliphatic heterocycles. The lowest BCUT2D eigenvalue weighted by Gasteiger charge is -2.36. The van der Waals surface area contributed by atoms with Gasteiger partial charge in [0.05, 0.1) is 11.7 Å². The van der Waals surface area contributed by atoms with Crippen LogP contribution in [-0.4, -0.2) is 17.6 Å². The molecule has 1 unspecified atom stereocenters. The van der Waals surface area contributed by atoms with Crippen LogP contribution in [0.4, 0.5) is 0 Å². The number of carbonyl (C=O) groups excluding carboxylic acids is 1. The molecule has 2 fully saturated rings. The molecule has 13 heavy (non-hydrogen) atoms. The molecule has 0 aromatic heterocycles. The zero-order valence-corrected chi connectivity index (χ0v) is 8.39. The zero-order chi connectivity index (χ0) is 9.47. The van der Waals surface area contributed by atoms with Gasteiger partial charge in [-0.15, -0.1) is 0 Å². The van der Waals surface area contributed by atoms with Crippen molar-refractivity contribution in [2.24, 2.45) is 5.92 Å². The first-order chi connectivity index (χ1) is 6.11. The molecule has 1 heterocycles. The Bertz CT molecular complexity index is 219. The van der Waals surface area contributed by atoms with Gasteiger partial charge in [-0.1, -0.05) is 6.92 Å². The molecule has 1 aliphatic carbocycles. The van der Waals surface area contributed by atoms with Crippen LogP contribution in [0, 0.1) is 5.92 Å². The van der Waals surface area contributed by atoms with E-state index in [-0.39, 0.29) is 17.6 Å². The molecule has 2 rings (SSSR count). The van der Waals surface area contributed by atoms with Crippen LogP contribution in [0.3, 0.4) is 0 Å². The van der Waals surface area contributed by atoms with Crippen LogP contribution in [0.1, 0.15) is 39.5 Å². The quantitative estimate of drug-likeness (QED) is 0.587. The Hall–Kier alpha value is -0.570. The molecule has 2 N–H and O–H groups in total. The van der Waals surface area contributed by atoms with Crippen LogP contribution in [0.25, 0.3) is 0 Å². The van der Waals surface area contributed by atoms with E-state index < -0.39 is 0 Å². The van der Waals surface area contributed by atoms with Gasteiger partial charge in [-0.05, 0) is 38.5 Å². The lowest BCUT2D eigenvalue weighted by molar-refractivity contribution is -0.120. The zero-order valence-electron chi connectivity index (χ0n) is 8.39. The highest BCUT2D eigenvalue weighted by molar-refractivity contribution is 5.84.